The summed E-state index contributed by atoms with van der Waals surface area (Å²) >= 11 is 1.69. The Morgan fingerprint density at radius 3 is 3.05 bits per heavy atom. The van der Waals surface area contributed by atoms with Gasteiger partial charge in [-0.1, -0.05) is 0 Å². The number of nitrogens with zero attached hydrogens (tertiary/aromatic N) is 2. The number of hydrogen-bond acceptors (Lipinski definition) is 5. The number of aliphatic hydroxyl groups excluding tert-OH is 1. The van der Waals surface area contributed by atoms with Crippen molar-refractivity contribution in [2.75, 3.05) is 18.5 Å². The van der Waals surface area contributed by atoms with E-state index in [0.717, 1.165) is 45.1 Å². The number of fused-ring (bicyclic) bond motifs is 1. The summed E-state index contributed by atoms with van der Waals surface area (Å²) in [5.74, 6) is 0. The molecule has 3 N–H and O–H groups in total. The second-order valence-electron chi connectivity index (χ2n) is 4.61. The van der Waals surface area contributed by atoms with Crippen LogP contribution in [0.5, 0.6) is 0 Å². The molecule has 5 nitrogen and oxygen atoms in total. The van der Waals surface area contributed by atoms with Gasteiger partial charge in [-0.05, 0) is 31.5 Å². The summed E-state index contributed by atoms with van der Waals surface area (Å²) in [5.41, 5.74) is 4.06. The van der Waals surface area contributed by atoms with Crippen LogP contribution in [0, 0.1) is 6.92 Å². The van der Waals surface area contributed by atoms with Gasteiger partial charge in [0.1, 0.15) is 0 Å². The molecule has 0 fully saturated rings. The molecule has 0 aliphatic rings. The van der Waals surface area contributed by atoms with E-state index >= 15 is 0 Å². The number of anilines is 1. The van der Waals surface area contributed by atoms with Gasteiger partial charge >= 0.3 is 0 Å². The van der Waals surface area contributed by atoms with Crippen molar-refractivity contribution in [3.8, 4) is 10.6 Å². The minimum absolute atomic E-state index is 0.198. The molecular formula is C14H16N4OS. The summed E-state index contributed by atoms with van der Waals surface area (Å²) in [6.07, 6.45) is 2.49. The lowest BCUT2D eigenvalue weighted by Gasteiger charge is -2.07. The monoisotopic (exact) mass is 288 g/mol. The van der Waals surface area contributed by atoms with Gasteiger partial charge < -0.3 is 10.4 Å². The van der Waals surface area contributed by atoms with E-state index in [-0.39, 0.29) is 6.61 Å². The number of nitrogens with one attached hydrogen (secondary N) is 2. The summed E-state index contributed by atoms with van der Waals surface area (Å²) in [7, 11) is 0. The molecular weight excluding hydrogens is 272 g/mol. The fourth-order valence-corrected chi connectivity index (χ4v) is 3.18. The average Bonchev–Trinajstić information content (AvgIpc) is 3.06. The smallest absolute Gasteiger partial charge is 0.0841 e. The molecule has 0 atom stereocenters. The first-order valence-electron chi connectivity index (χ1n) is 6.53. The third-order valence-corrected chi connectivity index (χ3v) is 4.21. The highest BCUT2D eigenvalue weighted by Gasteiger charge is 2.10. The molecule has 0 saturated heterocycles. The molecule has 20 heavy (non-hydrogen) atoms. The molecule has 0 aromatic carbocycles. The fraction of sp³-hybridized carbons (Fsp3) is 0.286. The van der Waals surface area contributed by atoms with Crippen LogP contribution in [-0.2, 0) is 0 Å². The zero-order chi connectivity index (χ0) is 13.9. The maximum absolute atomic E-state index is 8.88. The lowest BCUT2D eigenvalue weighted by molar-refractivity contribution is 0.292. The minimum atomic E-state index is 0.198. The van der Waals surface area contributed by atoms with Crippen LogP contribution in [0.2, 0.25) is 0 Å². The third kappa shape index (κ3) is 2.52. The highest BCUT2D eigenvalue weighted by Crippen LogP contribution is 2.36. The van der Waals surface area contributed by atoms with E-state index < -0.39 is 0 Å². The van der Waals surface area contributed by atoms with Gasteiger partial charge in [-0.2, -0.15) is 5.10 Å². The largest absolute Gasteiger partial charge is 0.396 e. The maximum atomic E-state index is 8.88. The Hall–Kier alpha value is -1.92. The Labute approximate surface area is 120 Å². The Balaban J connectivity index is 2.01. The number of aliphatic hydroxyl groups is 1. The Morgan fingerprint density at radius 2 is 2.30 bits per heavy atom. The highest BCUT2D eigenvalue weighted by atomic mass is 32.1. The molecule has 0 saturated carbocycles. The van der Waals surface area contributed by atoms with Crippen molar-refractivity contribution in [2.24, 2.45) is 0 Å². The van der Waals surface area contributed by atoms with Crippen LogP contribution in [0.1, 0.15) is 12.1 Å². The lowest BCUT2D eigenvalue weighted by atomic mass is 10.2. The van der Waals surface area contributed by atoms with Gasteiger partial charge in [0.15, 0.2) is 0 Å². The van der Waals surface area contributed by atoms with Crippen LogP contribution in [-0.4, -0.2) is 33.4 Å². The molecule has 0 amide bonds. The number of aromatic nitrogens is 3. The normalized spacial score (nSPS) is 11.1. The molecule has 3 heterocycles. The van der Waals surface area contributed by atoms with Crippen LogP contribution in [0.4, 0.5) is 5.69 Å². The van der Waals surface area contributed by atoms with Gasteiger partial charge in [0.25, 0.3) is 0 Å². The number of H-pyrrole nitrogens is 1. The van der Waals surface area contributed by atoms with Gasteiger partial charge in [-0.3, -0.25) is 10.1 Å². The first kappa shape index (κ1) is 13.1. The number of hydrogen-bond donors (Lipinski definition) is 3. The summed E-state index contributed by atoms with van der Waals surface area (Å²) in [5, 5.41) is 19.2. The predicted molar refractivity (Wildman–Crippen MR) is 82.1 cm³/mol. The predicted octanol–water partition coefficient (Wildman–Crippen LogP) is 2.79. The first-order chi connectivity index (χ1) is 9.78. The van der Waals surface area contributed by atoms with Gasteiger partial charge in [0, 0.05) is 25.0 Å². The highest BCUT2D eigenvalue weighted by molar-refractivity contribution is 7.22. The second kappa shape index (κ2) is 5.60. The summed E-state index contributed by atoms with van der Waals surface area (Å²) in [6, 6.07) is 6.08. The summed E-state index contributed by atoms with van der Waals surface area (Å²) in [4.78, 5) is 5.71. The van der Waals surface area contributed by atoms with Crippen molar-refractivity contribution in [2.45, 2.75) is 13.3 Å². The average molecular weight is 288 g/mol. The van der Waals surface area contributed by atoms with E-state index in [2.05, 4.69) is 26.6 Å². The Kier molecular flexibility index (Phi) is 3.66. The molecule has 3 aromatic heterocycles. The van der Waals surface area contributed by atoms with Gasteiger partial charge in [0.05, 0.1) is 26.5 Å². The number of pyridine rings is 1. The van der Waals surface area contributed by atoms with E-state index in [1.165, 1.54) is 0 Å². The number of thiophene rings is 1. The van der Waals surface area contributed by atoms with Crippen LogP contribution in [0.3, 0.4) is 0 Å². The zero-order valence-corrected chi connectivity index (χ0v) is 12.0. The van der Waals surface area contributed by atoms with Crippen LogP contribution in [0.15, 0.2) is 24.4 Å². The van der Waals surface area contributed by atoms with Crippen LogP contribution < -0.4 is 5.32 Å². The molecule has 0 radical (unpaired) electrons. The van der Waals surface area contributed by atoms with Crippen molar-refractivity contribution in [3.05, 3.63) is 30.1 Å². The maximum Gasteiger partial charge on any atom is 0.0841 e. The third-order valence-electron chi connectivity index (χ3n) is 3.02. The van der Waals surface area contributed by atoms with Crippen molar-refractivity contribution in [1.29, 1.82) is 0 Å². The first-order valence-corrected chi connectivity index (χ1v) is 7.35. The zero-order valence-electron chi connectivity index (χ0n) is 11.2. The Bertz CT molecular complexity index is 705. The quantitative estimate of drug-likeness (QED) is 0.631. The molecule has 6 heteroatoms. The molecule has 0 bridgehead atoms. The van der Waals surface area contributed by atoms with Crippen molar-refractivity contribution in [1.82, 2.24) is 15.2 Å². The topological polar surface area (TPSA) is 73.8 Å². The van der Waals surface area contributed by atoms with Gasteiger partial charge in [0.2, 0.25) is 0 Å². The number of aromatic amines is 1. The van der Waals surface area contributed by atoms with Crippen molar-refractivity contribution >= 4 is 27.2 Å². The van der Waals surface area contributed by atoms with E-state index in [1.807, 2.05) is 19.1 Å². The summed E-state index contributed by atoms with van der Waals surface area (Å²) < 4.78 is 1.14. The van der Waals surface area contributed by atoms with E-state index in [9.17, 15) is 0 Å². The van der Waals surface area contributed by atoms with Crippen LogP contribution >= 0.6 is 11.3 Å². The van der Waals surface area contributed by atoms with E-state index in [4.69, 9.17) is 5.11 Å². The molecule has 0 aliphatic heterocycles. The van der Waals surface area contributed by atoms with Gasteiger partial charge in [-0.25, -0.2) is 0 Å². The number of rotatable bonds is 5. The molecule has 3 aromatic rings. The molecule has 3 rings (SSSR count). The summed E-state index contributed by atoms with van der Waals surface area (Å²) in [6.45, 7) is 2.95. The fourth-order valence-electron chi connectivity index (χ4n) is 2.11. The molecule has 0 unspecified atom stereocenters. The van der Waals surface area contributed by atoms with E-state index in [0.29, 0.717) is 0 Å². The standard InChI is InChI=1S/C14H16N4OS/c1-9-7-11(15-4-2-6-19)14-12(17-9)8-13(20-14)10-3-5-16-18-10/h3,5,7-8,19H,2,4,6H2,1H3,(H,15,17)(H,16,18). The SMILES string of the molecule is Cc1cc(NCCCO)c2sc(-c3ccn[nH]3)cc2n1. The molecule has 0 spiro atoms. The lowest BCUT2D eigenvalue weighted by Crippen LogP contribution is -2.04. The van der Waals surface area contributed by atoms with Crippen LogP contribution in [0.25, 0.3) is 20.8 Å². The van der Waals surface area contributed by atoms with E-state index in [1.54, 1.807) is 17.5 Å². The van der Waals surface area contributed by atoms with Crippen molar-refractivity contribution < 1.29 is 5.11 Å². The number of aryl methyl sites for hydroxylation is 1. The molecule has 0 aliphatic carbocycles. The Morgan fingerprint density at radius 1 is 1.40 bits per heavy atom. The molecule has 104 valence electrons. The van der Waals surface area contributed by atoms with Gasteiger partial charge in [-0.15, -0.1) is 11.3 Å². The van der Waals surface area contributed by atoms with Crippen molar-refractivity contribution in [3.63, 3.8) is 0 Å². The second-order valence-corrected chi connectivity index (χ2v) is 5.66. The minimum Gasteiger partial charge on any atom is -0.396 e.